The number of nitro groups is 1. The predicted molar refractivity (Wildman–Crippen MR) is 58.2 cm³/mol. The summed E-state index contributed by atoms with van der Waals surface area (Å²) in [6.45, 7) is 1.75. The highest BCUT2D eigenvalue weighted by Gasteiger charge is 2.17. The van der Waals surface area contributed by atoms with Crippen LogP contribution in [0.1, 0.15) is 11.1 Å². The van der Waals surface area contributed by atoms with Gasteiger partial charge in [-0.05, 0) is 34.5 Å². The Balaban J connectivity index is 3.38. The van der Waals surface area contributed by atoms with Crippen molar-refractivity contribution in [1.29, 1.82) is 0 Å². The molecule has 0 N–H and O–H groups in total. The normalized spacial score (nSPS) is 10.1. The molecule has 0 radical (unpaired) electrons. The molecule has 1 aromatic carbocycles. The number of hydrogen-bond donors (Lipinski definition) is 0. The molecular formula is C8H7Br2NO2. The maximum Gasteiger partial charge on any atom is 0.286 e. The summed E-state index contributed by atoms with van der Waals surface area (Å²) in [5, 5.41) is 11.3. The van der Waals surface area contributed by atoms with Crippen LogP contribution in [-0.4, -0.2) is 4.92 Å². The van der Waals surface area contributed by atoms with Crippen LogP contribution in [0.15, 0.2) is 16.6 Å². The van der Waals surface area contributed by atoms with Crippen LogP contribution < -0.4 is 0 Å². The predicted octanol–water partition coefficient (Wildman–Crippen LogP) is 3.56. The van der Waals surface area contributed by atoms with Crippen LogP contribution in [0.3, 0.4) is 0 Å². The van der Waals surface area contributed by atoms with Gasteiger partial charge in [-0.25, -0.2) is 0 Å². The molecule has 1 aromatic rings. The fraction of sp³-hybridized carbons (Fsp3) is 0.250. The first-order valence-corrected chi connectivity index (χ1v) is 5.47. The van der Waals surface area contributed by atoms with Gasteiger partial charge < -0.3 is 0 Å². The van der Waals surface area contributed by atoms with Gasteiger partial charge in [0.25, 0.3) is 5.69 Å². The number of nitrogens with zero attached hydrogens (tertiary/aromatic N) is 1. The van der Waals surface area contributed by atoms with E-state index in [-0.39, 0.29) is 10.6 Å². The van der Waals surface area contributed by atoms with Crippen LogP contribution in [0.4, 0.5) is 5.69 Å². The molecule has 0 amide bonds. The van der Waals surface area contributed by atoms with E-state index in [9.17, 15) is 10.1 Å². The lowest BCUT2D eigenvalue weighted by molar-refractivity contribution is -0.386. The summed E-state index contributed by atoms with van der Waals surface area (Å²) in [4.78, 5) is 10.3. The lowest BCUT2D eigenvalue weighted by atomic mass is 10.1. The molecule has 0 aliphatic rings. The first-order valence-electron chi connectivity index (χ1n) is 3.56. The van der Waals surface area contributed by atoms with Crippen LogP contribution in [0.25, 0.3) is 0 Å². The largest absolute Gasteiger partial charge is 0.286 e. The highest BCUT2D eigenvalue weighted by atomic mass is 79.9. The molecule has 0 aliphatic carbocycles. The Bertz CT molecular complexity index is 352. The van der Waals surface area contributed by atoms with Crippen molar-refractivity contribution < 1.29 is 4.92 Å². The molecule has 0 spiro atoms. The van der Waals surface area contributed by atoms with Crippen molar-refractivity contribution in [3.63, 3.8) is 0 Å². The average molecular weight is 309 g/mol. The number of alkyl halides is 1. The lowest BCUT2D eigenvalue weighted by Crippen LogP contribution is -1.96. The zero-order valence-corrected chi connectivity index (χ0v) is 10.1. The fourth-order valence-corrected chi connectivity index (χ4v) is 2.26. The second-order valence-corrected chi connectivity index (χ2v) is 3.99. The molecule has 0 atom stereocenters. The molecule has 13 heavy (non-hydrogen) atoms. The summed E-state index contributed by atoms with van der Waals surface area (Å²) in [5.74, 6) is 0. The van der Waals surface area contributed by atoms with Crippen molar-refractivity contribution in [3.8, 4) is 0 Å². The second-order valence-electron chi connectivity index (χ2n) is 2.57. The Kier molecular flexibility index (Phi) is 3.44. The van der Waals surface area contributed by atoms with Crippen molar-refractivity contribution in [2.75, 3.05) is 0 Å². The van der Waals surface area contributed by atoms with Crippen molar-refractivity contribution >= 4 is 37.5 Å². The standard InChI is InChI=1S/C8H7Br2NO2/c1-5-6(4-9)2-3-7(10)8(5)11(12)13/h2-3H,4H2,1H3. The molecule has 3 nitrogen and oxygen atoms in total. The number of nitro benzene ring substituents is 1. The highest BCUT2D eigenvalue weighted by Crippen LogP contribution is 2.31. The molecule has 1 rings (SSSR count). The Hall–Kier alpha value is -0.420. The smallest absolute Gasteiger partial charge is 0.258 e. The van der Waals surface area contributed by atoms with E-state index in [0.717, 1.165) is 5.56 Å². The number of halogens is 2. The molecule has 0 aromatic heterocycles. The van der Waals surface area contributed by atoms with E-state index in [1.54, 1.807) is 13.0 Å². The van der Waals surface area contributed by atoms with Crippen molar-refractivity contribution in [2.45, 2.75) is 12.3 Å². The van der Waals surface area contributed by atoms with Crippen molar-refractivity contribution in [2.24, 2.45) is 0 Å². The number of rotatable bonds is 2. The first kappa shape index (κ1) is 10.7. The highest BCUT2D eigenvalue weighted by molar-refractivity contribution is 9.10. The Morgan fingerprint density at radius 1 is 1.54 bits per heavy atom. The van der Waals surface area contributed by atoms with E-state index in [2.05, 4.69) is 31.9 Å². The molecule has 0 saturated heterocycles. The molecule has 0 bridgehead atoms. The van der Waals surface area contributed by atoms with Gasteiger partial charge in [-0.15, -0.1) is 0 Å². The van der Waals surface area contributed by atoms with Crippen LogP contribution in [0, 0.1) is 17.0 Å². The monoisotopic (exact) mass is 307 g/mol. The van der Waals surface area contributed by atoms with Gasteiger partial charge in [-0.3, -0.25) is 10.1 Å². The maximum absolute atomic E-state index is 10.7. The summed E-state index contributed by atoms with van der Waals surface area (Å²) < 4.78 is 0.528. The van der Waals surface area contributed by atoms with E-state index < -0.39 is 0 Å². The molecule has 0 saturated carbocycles. The molecular weight excluding hydrogens is 302 g/mol. The SMILES string of the molecule is Cc1c(CBr)ccc(Br)c1[N+](=O)[O-]. The van der Waals surface area contributed by atoms with Crippen molar-refractivity contribution in [3.05, 3.63) is 37.8 Å². The Morgan fingerprint density at radius 2 is 2.15 bits per heavy atom. The molecule has 0 heterocycles. The van der Waals surface area contributed by atoms with Crippen LogP contribution in [-0.2, 0) is 5.33 Å². The second kappa shape index (κ2) is 4.19. The third-order valence-electron chi connectivity index (χ3n) is 1.82. The van der Waals surface area contributed by atoms with Crippen molar-refractivity contribution in [1.82, 2.24) is 0 Å². The summed E-state index contributed by atoms with van der Waals surface area (Å²) >= 11 is 6.43. The summed E-state index contributed by atoms with van der Waals surface area (Å²) in [6, 6.07) is 3.56. The number of hydrogen-bond acceptors (Lipinski definition) is 2. The van der Waals surface area contributed by atoms with Gasteiger partial charge in [0.05, 0.1) is 9.40 Å². The Morgan fingerprint density at radius 3 is 2.62 bits per heavy atom. The van der Waals surface area contributed by atoms with Gasteiger partial charge in [0.1, 0.15) is 0 Å². The zero-order valence-electron chi connectivity index (χ0n) is 6.88. The minimum Gasteiger partial charge on any atom is -0.258 e. The average Bonchev–Trinajstić information content (AvgIpc) is 2.04. The lowest BCUT2D eigenvalue weighted by Gasteiger charge is -2.03. The van der Waals surface area contributed by atoms with E-state index in [0.29, 0.717) is 15.4 Å². The molecule has 0 unspecified atom stereocenters. The molecule has 5 heteroatoms. The minimum atomic E-state index is -0.369. The third-order valence-corrected chi connectivity index (χ3v) is 3.06. The van der Waals surface area contributed by atoms with E-state index >= 15 is 0 Å². The molecule has 70 valence electrons. The zero-order chi connectivity index (χ0) is 10.0. The van der Waals surface area contributed by atoms with Crippen LogP contribution >= 0.6 is 31.9 Å². The minimum absolute atomic E-state index is 0.150. The Labute approximate surface area is 92.5 Å². The van der Waals surface area contributed by atoms with E-state index in [4.69, 9.17) is 0 Å². The summed E-state index contributed by atoms with van der Waals surface area (Å²) in [6.07, 6.45) is 0. The molecule has 0 aliphatic heterocycles. The summed E-state index contributed by atoms with van der Waals surface area (Å²) in [7, 11) is 0. The van der Waals surface area contributed by atoms with Gasteiger partial charge in [-0.2, -0.15) is 0 Å². The first-order chi connectivity index (χ1) is 6.07. The maximum atomic E-state index is 10.7. The van der Waals surface area contributed by atoms with Crippen LogP contribution in [0.5, 0.6) is 0 Å². The van der Waals surface area contributed by atoms with Gasteiger partial charge in [-0.1, -0.05) is 22.0 Å². The fourth-order valence-electron chi connectivity index (χ4n) is 1.08. The van der Waals surface area contributed by atoms with Gasteiger partial charge in [0.2, 0.25) is 0 Å². The summed E-state index contributed by atoms with van der Waals surface area (Å²) in [5.41, 5.74) is 1.79. The van der Waals surface area contributed by atoms with Gasteiger partial charge >= 0.3 is 0 Å². The third kappa shape index (κ3) is 2.08. The topological polar surface area (TPSA) is 43.1 Å². The van der Waals surface area contributed by atoms with Gasteiger partial charge in [0, 0.05) is 10.9 Å². The van der Waals surface area contributed by atoms with E-state index in [1.165, 1.54) is 0 Å². The van der Waals surface area contributed by atoms with E-state index in [1.807, 2.05) is 6.07 Å². The quantitative estimate of drug-likeness (QED) is 0.476. The number of benzene rings is 1. The van der Waals surface area contributed by atoms with Crippen LogP contribution in [0.2, 0.25) is 0 Å². The molecule has 0 fully saturated rings. The van der Waals surface area contributed by atoms with Gasteiger partial charge in [0.15, 0.2) is 0 Å².